The Balaban J connectivity index is 1.91. The molecule has 148 valence electrons. The third kappa shape index (κ3) is 3.24. The molecule has 1 aliphatic rings. The molecule has 0 aromatic heterocycles. The Kier molecular flexibility index (Phi) is 4.90. The van der Waals surface area contributed by atoms with Crippen molar-refractivity contribution >= 4 is 29.1 Å². The van der Waals surface area contributed by atoms with Gasteiger partial charge >= 0.3 is 5.97 Å². The molecule has 1 saturated heterocycles. The first kappa shape index (κ1) is 19.1. The van der Waals surface area contributed by atoms with Gasteiger partial charge in [0.25, 0.3) is 11.7 Å². The zero-order chi connectivity index (χ0) is 21.3. The summed E-state index contributed by atoms with van der Waals surface area (Å²) < 4.78 is 0. The second-order valence-electron chi connectivity index (χ2n) is 6.80. The van der Waals surface area contributed by atoms with Crippen LogP contribution in [0.15, 0.2) is 90.5 Å². The van der Waals surface area contributed by atoms with E-state index in [1.807, 2.05) is 6.07 Å². The summed E-state index contributed by atoms with van der Waals surface area (Å²) in [6.07, 6.45) is 0. The maximum absolute atomic E-state index is 13.0. The van der Waals surface area contributed by atoms with E-state index in [-0.39, 0.29) is 16.9 Å². The largest absolute Gasteiger partial charge is 0.507 e. The number of carbonyl (C=O) groups is 3. The molecule has 0 radical (unpaired) electrons. The van der Waals surface area contributed by atoms with E-state index in [1.54, 1.807) is 54.6 Å². The van der Waals surface area contributed by atoms with Crippen LogP contribution in [0.1, 0.15) is 27.5 Å². The van der Waals surface area contributed by atoms with Gasteiger partial charge in [-0.05, 0) is 29.8 Å². The zero-order valence-electron chi connectivity index (χ0n) is 15.7. The Labute approximate surface area is 172 Å². The summed E-state index contributed by atoms with van der Waals surface area (Å²) in [5.74, 6) is -2.93. The number of benzene rings is 3. The number of aliphatic hydroxyl groups is 1. The van der Waals surface area contributed by atoms with Crippen LogP contribution in [0.5, 0.6) is 0 Å². The molecule has 0 aliphatic carbocycles. The van der Waals surface area contributed by atoms with Crippen molar-refractivity contribution in [1.82, 2.24) is 0 Å². The highest BCUT2D eigenvalue weighted by atomic mass is 16.4. The zero-order valence-corrected chi connectivity index (χ0v) is 15.7. The number of nitrogens with zero attached hydrogens (tertiary/aromatic N) is 1. The van der Waals surface area contributed by atoms with Gasteiger partial charge in [-0.3, -0.25) is 14.5 Å². The Hall–Kier alpha value is -4.19. The maximum Gasteiger partial charge on any atom is 0.335 e. The number of carboxylic acids is 1. The number of anilines is 1. The molecule has 1 aliphatic heterocycles. The number of hydrogen-bond acceptors (Lipinski definition) is 4. The quantitative estimate of drug-likeness (QED) is 0.393. The molecule has 6 nitrogen and oxygen atoms in total. The van der Waals surface area contributed by atoms with Crippen LogP contribution in [-0.2, 0) is 9.59 Å². The van der Waals surface area contributed by atoms with Crippen LogP contribution >= 0.6 is 0 Å². The highest BCUT2D eigenvalue weighted by Crippen LogP contribution is 2.42. The van der Waals surface area contributed by atoms with Crippen LogP contribution in [0.4, 0.5) is 5.69 Å². The lowest BCUT2D eigenvalue weighted by molar-refractivity contribution is -0.132. The number of Topliss-reactive ketones (excluding diaryl/α,β-unsaturated/α-hetero) is 1. The highest BCUT2D eigenvalue weighted by molar-refractivity contribution is 6.51. The number of amides is 1. The second-order valence-corrected chi connectivity index (χ2v) is 6.80. The Bertz CT molecular complexity index is 1150. The lowest BCUT2D eigenvalue weighted by atomic mass is 9.95. The molecule has 1 unspecified atom stereocenters. The van der Waals surface area contributed by atoms with Gasteiger partial charge in [0.05, 0.1) is 17.2 Å². The highest BCUT2D eigenvalue weighted by Gasteiger charge is 2.46. The fourth-order valence-electron chi connectivity index (χ4n) is 3.57. The molecule has 2 N–H and O–H groups in total. The molecule has 3 aromatic rings. The Morgan fingerprint density at radius 1 is 0.733 bits per heavy atom. The van der Waals surface area contributed by atoms with Gasteiger partial charge in [-0.15, -0.1) is 0 Å². The first-order valence-electron chi connectivity index (χ1n) is 9.24. The molecule has 1 heterocycles. The van der Waals surface area contributed by atoms with Gasteiger partial charge in [-0.25, -0.2) is 4.79 Å². The van der Waals surface area contributed by atoms with E-state index in [0.29, 0.717) is 16.8 Å². The van der Waals surface area contributed by atoms with E-state index >= 15 is 0 Å². The normalized spacial score (nSPS) is 17.9. The number of carbonyl (C=O) groups excluding carboxylic acids is 2. The lowest BCUT2D eigenvalue weighted by Gasteiger charge is -2.25. The predicted octanol–water partition coefficient (Wildman–Crippen LogP) is 4.01. The fraction of sp³-hybridized carbons (Fsp3) is 0.0417. The standard InChI is InChI=1S/C24H17NO5/c26-21(16-9-5-2-6-10-16)19-20(15-7-3-1-4-8-15)25(23(28)22(19)27)18-13-11-17(12-14-18)24(29)30/h1-14,20,26H,(H,29,30)/b21-19-. The fourth-order valence-corrected chi connectivity index (χ4v) is 3.57. The van der Waals surface area contributed by atoms with Crippen LogP contribution in [0.2, 0.25) is 0 Å². The number of rotatable bonds is 4. The minimum atomic E-state index is -1.09. The summed E-state index contributed by atoms with van der Waals surface area (Å²) in [6, 6.07) is 22.3. The number of aliphatic hydroxyl groups excluding tert-OH is 1. The van der Waals surface area contributed by atoms with Gasteiger partial charge in [0.15, 0.2) is 0 Å². The van der Waals surface area contributed by atoms with Crippen LogP contribution in [0.3, 0.4) is 0 Å². The van der Waals surface area contributed by atoms with E-state index in [4.69, 9.17) is 5.11 Å². The van der Waals surface area contributed by atoms with E-state index in [1.165, 1.54) is 29.2 Å². The van der Waals surface area contributed by atoms with E-state index in [9.17, 15) is 19.5 Å². The van der Waals surface area contributed by atoms with Crippen molar-refractivity contribution in [3.63, 3.8) is 0 Å². The first-order chi connectivity index (χ1) is 14.5. The van der Waals surface area contributed by atoms with Crippen molar-refractivity contribution in [3.8, 4) is 0 Å². The number of aromatic carboxylic acids is 1. The third-order valence-electron chi connectivity index (χ3n) is 5.00. The summed E-state index contributed by atoms with van der Waals surface area (Å²) in [5.41, 5.74) is 1.49. The molecule has 6 heteroatoms. The summed E-state index contributed by atoms with van der Waals surface area (Å²) >= 11 is 0. The molecule has 1 amide bonds. The number of hydrogen-bond donors (Lipinski definition) is 2. The predicted molar refractivity (Wildman–Crippen MR) is 111 cm³/mol. The molecule has 0 spiro atoms. The summed E-state index contributed by atoms with van der Waals surface area (Å²) in [6.45, 7) is 0. The molecule has 30 heavy (non-hydrogen) atoms. The molecular weight excluding hydrogens is 382 g/mol. The second kappa shape index (κ2) is 7.67. The molecule has 0 saturated carbocycles. The van der Waals surface area contributed by atoms with Crippen LogP contribution in [0, 0.1) is 0 Å². The van der Waals surface area contributed by atoms with Crippen molar-refractivity contribution in [2.24, 2.45) is 0 Å². The van der Waals surface area contributed by atoms with Crippen molar-refractivity contribution in [2.75, 3.05) is 4.90 Å². The van der Waals surface area contributed by atoms with Crippen molar-refractivity contribution in [3.05, 3.63) is 107 Å². The van der Waals surface area contributed by atoms with E-state index in [2.05, 4.69) is 0 Å². The van der Waals surface area contributed by atoms with Gasteiger partial charge < -0.3 is 10.2 Å². The van der Waals surface area contributed by atoms with Crippen LogP contribution < -0.4 is 4.90 Å². The van der Waals surface area contributed by atoms with Crippen LogP contribution in [-0.4, -0.2) is 27.9 Å². The van der Waals surface area contributed by atoms with Gasteiger partial charge in [0.2, 0.25) is 0 Å². The van der Waals surface area contributed by atoms with Crippen molar-refractivity contribution in [2.45, 2.75) is 6.04 Å². The SMILES string of the molecule is O=C1C(=O)N(c2ccc(C(=O)O)cc2)C(c2ccccc2)/C1=C(/O)c1ccccc1. The first-order valence-corrected chi connectivity index (χ1v) is 9.24. The average Bonchev–Trinajstić information content (AvgIpc) is 3.05. The van der Waals surface area contributed by atoms with E-state index in [0.717, 1.165) is 0 Å². The van der Waals surface area contributed by atoms with Crippen molar-refractivity contribution in [1.29, 1.82) is 0 Å². The monoisotopic (exact) mass is 399 g/mol. The summed E-state index contributed by atoms with van der Waals surface area (Å²) in [4.78, 5) is 38.4. The van der Waals surface area contributed by atoms with E-state index < -0.39 is 23.7 Å². The third-order valence-corrected chi connectivity index (χ3v) is 5.00. The molecule has 3 aromatic carbocycles. The summed E-state index contributed by atoms with van der Waals surface area (Å²) in [7, 11) is 0. The Morgan fingerprint density at radius 3 is 1.87 bits per heavy atom. The topological polar surface area (TPSA) is 94.9 Å². The molecule has 1 atom stereocenters. The minimum absolute atomic E-state index is 0.0142. The van der Waals surface area contributed by atoms with Gasteiger partial charge in [-0.1, -0.05) is 60.7 Å². The van der Waals surface area contributed by atoms with Gasteiger partial charge in [0, 0.05) is 11.3 Å². The number of carboxylic acid groups (broad SMARTS) is 1. The molecule has 0 bridgehead atoms. The van der Waals surface area contributed by atoms with Gasteiger partial charge in [-0.2, -0.15) is 0 Å². The summed E-state index contributed by atoms with van der Waals surface area (Å²) in [5, 5.41) is 20.1. The van der Waals surface area contributed by atoms with Gasteiger partial charge in [0.1, 0.15) is 5.76 Å². The smallest absolute Gasteiger partial charge is 0.335 e. The minimum Gasteiger partial charge on any atom is -0.507 e. The average molecular weight is 399 g/mol. The van der Waals surface area contributed by atoms with Crippen LogP contribution in [0.25, 0.3) is 5.76 Å². The Morgan fingerprint density at radius 2 is 1.30 bits per heavy atom. The molecule has 1 fully saturated rings. The molecule has 4 rings (SSSR count). The lowest BCUT2D eigenvalue weighted by Crippen LogP contribution is -2.29. The maximum atomic E-state index is 13.0. The number of ketones is 1. The van der Waals surface area contributed by atoms with Crippen molar-refractivity contribution < 1.29 is 24.6 Å². The molecular formula is C24H17NO5.